The molecule has 0 amide bonds. The highest BCUT2D eigenvalue weighted by molar-refractivity contribution is 6.08. The van der Waals surface area contributed by atoms with Gasteiger partial charge in [0.1, 0.15) is 22.8 Å². The van der Waals surface area contributed by atoms with E-state index in [-0.39, 0.29) is 0 Å². The third-order valence-corrected chi connectivity index (χ3v) is 3.91. The van der Waals surface area contributed by atoms with Crippen molar-refractivity contribution in [1.29, 1.82) is 0 Å². The van der Waals surface area contributed by atoms with E-state index in [2.05, 4.69) is 0 Å². The third kappa shape index (κ3) is 2.98. The highest BCUT2D eigenvalue weighted by Crippen LogP contribution is 2.40. The van der Waals surface area contributed by atoms with Crippen LogP contribution in [0.2, 0.25) is 0 Å². The fraction of sp³-hybridized carbons (Fsp3) is 0.211. The minimum absolute atomic E-state index is 0.384. The molecule has 0 saturated carbocycles. The molecule has 0 aliphatic carbocycles. The number of ether oxygens (including phenoxy) is 5. The topological polar surface area (TPSA) is 63.2 Å². The van der Waals surface area contributed by atoms with Crippen molar-refractivity contribution in [3.05, 3.63) is 47.0 Å². The number of carbonyl (C=O) groups excluding carboxylic acids is 1. The summed E-state index contributed by atoms with van der Waals surface area (Å²) in [6, 6.07) is 8.83. The van der Waals surface area contributed by atoms with Gasteiger partial charge in [0.05, 0.1) is 28.4 Å². The normalized spacial score (nSPS) is 14.1. The quantitative estimate of drug-likeness (QED) is 0.776. The first-order chi connectivity index (χ1) is 12.1. The zero-order valence-corrected chi connectivity index (χ0v) is 14.4. The second kappa shape index (κ2) is 6.76. The van der Waals surface area contributed by atoms with Crippen LogP contribution in [-0.4, -0.2) is 34.4 Å². The number of cyclic esters (lactones) is 1. The Morgan fingerprint density at radius 2 is 1.56 bits per heavy atom. The van der Waals surface area contributed by atoms with Crippen LogP contribution < -0.4 is 18.9 Å². The highest BCUT2D eigenvalue weighted by atomic mass is 16.5. The van der Waals surface area contributed by atoms with Gasteiger partial charge in [0.2, 0.25) is 0 Å². The van der Waals surface area contributed by atoms with Crippen LogP contribution in [0.5, 0.6) is 23.0 Å². The molecule has 1 aliphatic heterocycles. The van der Waals surface area contributed by atoms with Crippen LogP contribution in [-0.2, 0) is 4.74 Å². The lowest BCUT2D eigenvalue weighted by atomic mass is 10.0. The fourth-order valence-corrected chi connectivity index (χ4v) is 2.68. The van der Waals surface area contributed by atoms with Crippen molar-refractivity contribution >= 4 is 17.8 Å². The van der Waals surface area contributed by atoms with Crippen LogP contribution >= 0.6 is 0 Å². The SMILES string of the molecule is COc1cc(OC)c2c(c1)/C(=C/c1ccc(OC)c(OC)c1)OC2=O. The minimum atomic E-state index is -0.457. The van der Waals surface area contributed by atoms with Gasteiger partial charge in [0, 0.05) is 11.6 Å². The Morgan fingerprint density at radius 1 is 0.840 bits per heavy atom. The van der Waals surface area contributed by atoms with Gasteiger partial charge in [0.15, 0.2) is 11.5 Å². The Bertz CT molecular complexity index is 853. The number of methoxy groups -OCH3 is 4. The molecule has 0 aromatic heterocycles. The van der Waals surface area contributed by atoms with Gasteiger partial charge in [-0.15, -0.1) is 0 Å². The molecule has 0 saturated heterocycles. The number of hydrogen-bond donors (Lipinski definition) is 0. The van der Waals surface area contributed by atoms with E-state index in [9.17, 15) is 4.79 Å². The molecule has 0 spiro atoms. The van der Waals surface area contributed by atoms with Crippen LogP contribution in [0.3, 0.4) is 0 Å². The fourth-order valence-electron chi connectivity index (χ4n) is 2.68. The lowest BCUT2D eigenvalue weighted by molar-refractivity contribution is 0.0714. The predicted octanol–water partition coefficient (Wildman–Crippen LogP) is 3.39. The Kier molecular flexibility index (Phi) is 4.52. The van der Waals surface area contributed by atoms with E-state index in [1.54, 1.807) is 51.7 Å². The van der Waals surface area contributed by atoms with E-state index in [0.29, 0.717) is 39.9 Å². The van der Waals surface area contributed by atoms with Crippen LogP contribution in [0.4, 0.5) is 0 Å². The molecular weight excluding hydrogens is 324 g/mol. The zero-order chi connectivity index (χ0) is 18.0. The first kappa shape index (κ1) is 16.7. The molecule has 2 aromatic carbocycles. The molecular formula is C19H18O6. The van der Waals surface area contributed by atoms with Crippen molar-refractivity contribution in [2.24, 2.45) is 0 Å². The van der Waals surface area contributed by atoms with Gasteiger partial charge < -0.3 is 23.7 Å². The zero-order valence-electron chi connectivity index (χ0n) is 14.4. The summed E-state index contributed by atoms with van der Waals surface area (Å²) >= 11 is 0. The molecule has 0 bridgehead atoms. The van der Waals surface area contributed by atoms with Gasteiger partial charge in [-0.2, -0.15) is 0 Å². The lowest BCUT2D eigenvalue weighted by Crippen LogP contribution is -1.99. The molecule has 0 fully saturated rings. The predicted molar refractivity (Wildman–Crippen MR) is 92.4 cm³/mol. The Balaban J connectivity index is 2.09. The van der Waals surface area contributed by atoms with Gasteiger partial charge in [-0.1, -0.05) is 6.07 Å². The van der Waals surface area contributed by atoms with Gasteiger partial charge in [-0.25, -0.2) is 4.79 Å². The summed E-state index contributed by atoms with van der Waals surface area (Å²) in [5.41, 5.74) is 1.81. The molecule has 6 heteroatoms. The molecule has 0 unspecified atom stereocenters. The van der Waals surface area contributed by atoms with Crippen LogP contribution in [0.25, 0.3) is 11.8 Å². The van der Waals surface area contributed by atoms with Crippen LogP contribution in [0.1, 0.15) is 21.5 Å². The number of esters is 1. The maximum atomic E-state index is 12.2. The number of hydrogen-bond acceptors (Lipinski definition) is 6. The van der Waals surface area contributed by atoms with Crippen LogP contribution in [0.15, 0.2) is 30.3 Å². The summed E-state index contributed by atoms with van der Waals surface area (Å²) in [6.07, 6.45) is 1.75. The lowest BCUT2D eigenvalue weighted by Gasteiger charge is -2.09. The maximum Gasteiger partial charge on any atom is 0.348 e. The molecule has 6 nitrogen and oxygen atoms in total. The van der Waals surface area contributed by atoms with Gasteiger partial charge in [-0.05, 0) is 29.8 Å². The van der Waals surface area contributed by atoms with E-state index in [1.807, 2.05) is 6.07 Å². The maximum absolute atomic E-state index is 12.2. The summed E-state index contributed by atoms with van der Waals surface area (Å²) in [5, 5.41) is 0. The standard InChI is InChI=1S/C19H18O6/c1-21-12-9-13-15(25-19(20)18(13)17(10-12)24-4)7-11-5-6-14(22-2)16(8-11)23-3/h5-10H,1-4H3/b15-7-. The van der Waals surface area contributed by atoms with Gasteiger partial charge in [-0.3, -0.25) is 0 Å². The number of benzene rings is 2. The molecule has 130 valence electrons. The summed E-state index contributed by atoms with van der Waals surface area (Å²) in [7, 11) is 6.19. The molecule has 1 aliphatic rings. The van der Waals surface area contributed by atoms with Gasteiger partial charge in [0.25, 0.3) is 0 Å². The van der Waals surface area contributed by atoms with Crippen molar-refractivity contribution < 1.29 is 28.5 Å². The molecule has 25 heavy (non-hydrogen) atoms. The highest BCUT2D eigenvalue weighted by Gasteiger charge is 2.31. The average Bonchev–Trinajstić information content (AvgIpc) is 2.96. The van der Waals surface area contributed by atoms with Crippen molar-refractivity contribution in [1.82, 2.24) is 0 Å². The monoisotopic (exact) mass is 342 g/mol. The summed E-state index contributed by atoms with van der Waals surface area (Å²) < 4.78 is 26.5. The van der Waals surface area contributed by atoms with Crippen molar-refractivity contribution in [3.63, 3.8) is 0 Å². The Morgan fingerprint density at radius 3 is 2.20 bits per heavy atom. The first-order valence-electron chi connectivity index (χ1n) is 7.53. The van der Waals surface area contributed by atoms with Crippen LogP contribution in [0, 0.1) is 0 Å². The summed E-state index contributed by atoms with van der Waals surface area (Å²) in [5.74, 6) is 2.16. The van der Waals surface area contributed by atoms with E-state index < -0.39 is 5.97 Å². The molecule has 0 N–H and O–H groups in total. The van der Waals surface area contributed by atoms with Crippen molar-refractivity contribution in [2.45, 2.75) is 0 Å². The summed E-state index contributed by atoms with van der Waals surface area (Å²) in [6.45, 7) is 0. The number of fused-ring (bicyclic) bond motifs is 1. The largest absolute Gasteiger partial charge is 0.497 e. The first-order valence-corrected chi connectivity index (χ1v) is 7.53. The number of rotatable bonds is 5. The van der Waals surface area contributed by atoms with Crippen molar-refractivity contribution in [3.8, 4) is 23.0 Å². The van der Waals surface area contributed by atoms with Crippen molar-refractivity contribution in [2.75, 3.05) is 28.4 Å². The second-order valence-corrected chi connectivity index (χ2v) is 5.26. The van der Waals surface area contributed by atoms with E-state index in [0.717, 1.165) is 5.56 Å². The molecule has 2 aromatic rings. The number of carbonyl (C=O) groups is 1. The minimum Gasteiger partial charge on any atom is -0.497 e. The van der Waals surface area contributed by atoms with E-state index in [4.69, 9.17) is 23.7 Å². The average molecular weight is 342 g/mol. The van der Waals surface area contributed by atoms with Gasteiger partial charge >= 0.3 is 5.97 Å². The molecule has 0 atom stereocenters. The van der Waals surface area contributed by atoms with E-state index >= 15 is 0 Å². The molecule has 3 rings (SSSR count). The Labute approximate surface area is 145 Å². The third-order valence-electron chi connectivity index (χ3n) is 3.91. The molecule has 1 heterocycles. The second-order valence-electron chi connectivity index (χ2n) is 5.26. The Hall–Kier alpha value is -3.15. The smallest absolute Gasteiger partial charge is 0.348 e. The summed E-state index contributed by atoms with van der Waals surface area (Å²) in [4.78, 5) is 12.2. The molecule has 0 radical (unpaired) electrons. The van der Waals surface area contributed by atoms with E-state index in [1.165, 1.54) is 7.11 Å².